The van der Waals surface area contributed by atoms with Gasteiger partial charge in [-0.3, -0.25) is 0 Å². The van der Waals surface area contributed by atoms with E-state index in [4.69, 9.17) is 4.74 Å². The van der Waals surface area contributed by atoms with E-state index in [9.17, 15) is 0 Å². The van der Waals surface area contributed by atoms with Crippen LogP contribution in [0.15, 0.2) is 78.9 Å². The minimum absolute atomic E-state index is 0.910. The molecule has 0 fully saturated rings. The topological polar surface area (TPSA) is 9.23 Å². The summed E-state index contributed by atoms with van der Waals surface area (Å²) in [5.41, 5.74) is 0. The number of ether oxygens (including phenoxy) is 1. The van der Waals surface area contributed by atoms with Gasteiger partial charge >= 0.3 is 0 Å². The van der Waals surface area contributed by atoms with Crippen LogP contribution in [0.2, 0.25) is 0 Å². The first kappa shape index (κ1) is 28.5. The molecule has 0 amide bonds. The first-order valence-electron chi connectivity index (χ1n) is 9.93. The van der Waals surface area contributed by atoms with Gasteiger partial charge in [0.1, 0.15) is 5.75 Å². The van der Waals surface area contributed by atoms with Crippen molar-refractivity contribution in [3.05, 3.63) is 78.9 Å². The minimum atomic E-state index is 0.910. The standard InChI is InChI=1S/C10H8.C7H8O.4C2H6/c1-2-6-10-8-4-3-7-9(10)5-1;1-8-7-5-3-2-4-6-7;4*1-2/h1-8H;2-6H,1H3;4*1-2H3. The highest BCUT2D eigenvalue weighted by molar-refractivity contribution is 5.81. The second-order valence-electron chi connectivity index (χ2n) is 3.86. The Balaban J connectivity index is -0.000000299. The maximum absolute atomic E-state index is 4.91. The zero-order valence-electron chi connectivity index (χ0n) is 18.4. The molecule has 0 aliphatic carbocycles. The number of rotatable bonds is 1. The molecule has 1 heteroatoms. The average Bonchev–Trinajstić information content (AvgIpc) is 2.80. The number of hydrogen-bond acceptors (Lipinski definition) is 1. The average molecular weight is 357 g/mol. The van der Waals surface area contributed by atoms with Gasteiger partial charge in [0.25, 0.3) is 0 Å². The van der Waals surface area contributed by atoms with E-state index in [0.29, 0.717) is 0 Å². The molecule has 1 nitrogen and oxygen atoms in total. The number of benzene rings is 3. The Morgan fingerprint density at radius 3 is 0.923 bits per heavy atom. The fraction of sp³-hybridized carbons (Fsp3) is 0.360. The Morgan fingerprint density at radius 1 is 0.423 bits per heavy atom. The third-order valence-corrected chi connectivity index (χ3v) is 2.64. The Kier molecular flexibility index (Phi) is 27.4. The van der Waals surface area contributed by atoms with Gasteiger partial charge in [-0.2, -0.15) is 0 Å². The van der Waals surface area contributed by atoms with Crippen LogP contribution < -0.4 is 4.74 Å². The molecule has 0 bridgehead atoms. The van der Waals surface area contributed by atoms with Crippen molar-refractivity contribution in [2.45, 2.75) is 55.4 Å². The van der Waals surface area contributed by atoms with Crippen LogP contribution in [-0.2, 0) is 0 Å². The number of methoxy groups -OCH3 is 1. The molecule has 0 unspecified atom stereocenters. The van der Waals surface area contributed by atoms with Crippen LogP contribution in [-0.4, -0.2) is 7.11 Å². The number of hydrogen-bond donors (Lipinski definition) is 0. The van der Waals surface area contributed by atoms with Crippen molar-refractivity contribution >= 4 is 10.8 Å². The molecule has 0 aliphatic heterocycles. The number of fused-ring (bicyclic) bond motifs is 1. The van der Waals surface area contributed by atoms with Gasteiger partial charge < -0.3 is 4.74 Å². The molecular formula is C25H40O. The second-order valence-corrected chi connectivity index (χ2v) is 3.86. The van der Waals surface area contributed by atoms with Gasteiger partial charge in [0.2, 0.25) is 0 Å². The van der Waals surface area contributed by atoms with Gasteiger partial charge in [-0.25, -0.2) is 0 Å². The van der Waals surface area contributed by atoms with Gasteiger partial charge in [0.05, 0.1) is 7.11 Å². The summed E-state index contributed by atoms with van der Waals surface area (Å²) >= 11 is 0. The van der Waals surface area contributed by atoms with Gasteiger partial charge in [0.15, 0.2) is 0 Å². The summed E-state index contributed by atoms with van der Waals surface area (Å²) in [5.74, 6) is 0.910. The first-order chi connectivity index (χ1) is 12.9. The van der Waals surface area contributed by atoms with Crippen LogP contribution in [0.3, 0.4) is 0 Å². The van der Waals surface area contributed by atoms with E-state index in [1.807, 2.05) is 85.7 Å². The summed E-state index contributed by atoms with van der Waals surface area (Å²) < 4.78 is 4.91. The molecule has 146 valence electrons. The molecule has 0 radical (unpaired) electrons. The van der Waals surface area contributed by atoms with Crippen molar-refractivity contribution in [1.82, 2.24) is 0 Å². The lowest BCUT2D eigenvalue weighted by molar-refractivity contribution is 0.415. The molecule has 0 aromatic heterocycles. The summed E-state index contributed by atoms with van der Waals surface area (Å²) in [4.78, 5) is 0. The van der Waals surface area contributed by atoms with E-state index in [1.165, 1.54) is 10.8 Å². The maximum atomic E-state index is 4.91. The van der Waals surface area contributed by atoms with Gasteiger partial charge in [-0.05, 0) is 22.9 Å². The normalized spacial score (nSPS) is 7.42. The van der Waals surface area contributed by atoms with E-state index in [1.54, 1.807) is 7.11 Å². The van der Waals surface area contributed by atoms with Crippen molar-refractivity contribution < 1.29 is 4.74 Å². The van der Waals surface area contributed by atoms with Gasteiger partial charge in [-0.1, -0.05) is 122 Å². The highest BCUT2D eigenvalue weighted by atomic mass is 16.5. The molecule has 3 aromatic carbocycles. The predicted molar refractivity (Wildman–Crippen MR) is 122 cm³/mol. The van der Waals surface area contributed by atoms with E-state index in [0.717, 1.165) is 5.75 Å². The largest absolute Gasteiger partial charge is 0.497 e. The van der Waals surface area contributed by atoms with Crippen LogP contribution in [0.5, 0.6) is 5.75 Å². The predicted octanol–water partition coefficient (Wildman–Crippen LogP) is 8.64. The second kappa shape index (κ2) is 25.0. The molecule has 0 saturated carbocycles. The molecule has 3 rings (SSSR count). The maximum Gasteiger partial charge on any atom is 0.118 e. The van der Waals surface area contributed by atoms with E-state index < -0.39 is 0 Å². The lowest BCUT2D eigenvalue weighted by Gasteiger charge is -1.93. The smallest absolute Gasteiger partial charge is 0.118 e. The minimum Gasteiger partial charge on any atom is -0.497 e. The quantitative estimate of drug-likeness (QED) is 0.424. The summed E-state index contributed by atoms with van der Waals surface area (Å²) in [7, 11) is 1.66. The Morgan fingerprint density at radius 2 is 0.692 bits per heavy atom. The zero-order chi connectivity index (χ0) is 20.6. The van der Waals surface area contributed by atoms with Crippen molar-refractivity contribution in [2.75, 3.05) is 7.11 Å². The molecular weight excluding hydrogens is 316 g/mol. The SMILES string of the molecule is CC.CC.CC.CC.COc1ccccc1.c1ccc2ccccc2c1. The van der Waals surface area contributed by atoms with E-state index in [-0.39, 0.29) is 0 Å². The highest BCUT2D eigenvalue weighted by Gasteiger charge is 1.85. The van der Waals surface area contributed by atoms with Gasteiger partial charge in [-0.15, -0.1) is 0 Å². The van der Waals surface area contributed by atoms with Crippen LogP contribution in [0.1, 0.15) is 55.4 Å². The fourth-order valence-electron chi connectivity index (χ4n) is 1.69. The van der Waals surface area contributed by atoms with Crippen LogP contribution in [0.4, 0.5) is 0 Å². The lowest BCUT2D eigenvalue weighted by Crippen LogP contribution is -1.78. The third kappa shape index (κ3) is 14.1. The Labute approximate surface area is 163 Å². The monoisotopic (exact) mass is 356 g/mol. The van der Waals surface area contributed by atoms with Crippen molar-refractivity contribution in [3.63, 3.8) is 0 Å². The van der Waals surface area contributed by atoms with E-state index >= 15 is 0 Å². The highest BCUT2D eigenvalue weighted by Crippen LogP contribution is 2.11. The summed E-state index contributed by atoms with van der Waals surface area (Å²) in [5, 5.41) is 2.62. The number of para-hydroxylation sites is 1. The summed E-state index contributed by atoms with van der Waals surface area (Å²) in [6, 6.07) is 26.4. The van der Waals surface area contributed by atoms with Crippen LogP contribution >= 0.6 is 0 Å². The third-order valence-electron chi connectivity index (χ3n) is 2.64. The molecule has 3 aromatic rings. The van der Waals surface area contributed by atoms with Crippen molar-refractivity contribution in [1.29, 1.82) is 0 Å². The molecule has 0 N–H and O–H groups in total. The first-order valence-corrected chi connectivity index (χ1v) is 9.93. The molecule has 0 saturated heterocycles. The zero-order valence-corrected chi connectivity index (χ0v) is 18.4. The van der Waals surface area contributed by atoms with Crippen molar-refractivity contribution in [2.24, 2.45) is 0 Å². The molecule has 0 spiro atoms. The molecule has 0 atom stereocenters. The van der Waals surface area contributed by atoms with Crippen LogP contribution in [0, 0.1) is 0 Å². The summed E-state index contributed by atoms with van der Waals surface area (Å²) in [6.45, 7) is 16.0. The van der Waals surface area contributed by atoms with Crippen LogP contribution in [0.25, 0.3) is 10.8 Å². The lowest BCUT2D eigenvalue weighted by atomic mass is 10.1. The Bertz CT molecular complexity index is 523. The summed E-state index contributed by atoms with van der Waals surface area (Å²) in [6.07, 6.45) is 0. The molecule has 0 aliphatic rings. The Hall–Kier alpha value is -2.28. The van der Waals surface area contributed by atoms with Crippen molar-refractivity contribution in [3.8, 4) is 5.75 Å². The fourth-order valence-corrected chi connectivity index (χ4v) is 1.69. The molecule has 0 heterocycles. The van der Waals surface area contributed by atoms with E-state index in [2.05, 4.69) is 48.5 Å². The molecule has 26 heavy (non-hydrogen) atoms. The van der Waals surface area contributed by atoms with Gasteiger partial charge in [0, 0.05) is 0 Å².